The lowest BCUT2D eigenvalue weighted by Gasteiger charge is -1.92. The molecule has 6 heteroatoms. The van der Waals surface area contributed by atoms with Gasteiger partial charge in [0.1, 0.15) is 3.70 Å². The molecule has 0 radical (unpaired) electrons. The van der Waals surface area contributed by atoms with Gasteiger partial charge in [-0.25, -0.2) is 0 Å². The zero-order valence-corrected chi connectivity index (χ0v) is 9.02. The summed E-state index contributed by atoms with van der Waals surface area (Å²) in [5.41, 5.74) is 6.35. The molecule has 0 aliphatic carbocycles. The highest BCUT2D eigenvalue weighted by atomic mass is 127. The SMILES string of the molecule is Cn1ncc(-c2cc(N)no2)c1I. The maximum Gasteiger partial charge on any atom is 0.173 e. The van der Waals surface area contributed by atoms with E-state index < -0.39 is 0 Å². The van der Waals surface area contributed by atoms with Gasteiger partial charge >= 0.3 is 0 Å². The maximum absolute atomic E-state index is 5.44. The molecular formula is C7H7IN4O. The maximum atomic E-state index is 5.44. The number of aryl methyl sites for hydroxylation is 1. The molecule has 0 aromatic carbocycles. The van der Waals surface area contributed by atoms with Crippen molar-refractivity contribution in [2.24, 2.45) is 7.05 Å². The molecule has 2 rings (SSSR count). The molecule has 2 aromatic heterocycles. The van der Waals surface area contributed by atoms with E-state index >= 15 is 0 Å². The van der Waals surface area contributed by atoms with Crippen LogP contribution in [0.15, 0.2) is 16.8 Å². The molecule has 0 saturated carbocycles. The van der Waals surface area contributed by atoms with Crippen LogP contribution in [0.1, 0.15) is 0 Å². The quantitative estimate of drug-likeness (QED) is 0.803. The van der Waals surface area contributed by atoms with Gasteiger partial charge in [0.15, 0.2) is 11.6 Å². The smallest absolute Gasteiger partial charge is 0.173 e. The average Bonchev–Trinajstić information content (AvgIpc) is 2.62. The highest BCUT2D eigenvalue weighted by Gasteiger charge is 2.11. The summed E-state index contributed by atoms with van der Waals surface area (Å²) in [4.78, 5) is 0. The molecule has 13 heavy (non-hydrogen) atoms. The van der Waals surface area contributed by atoms with E-state index in [0.29, 0.717) is 11.6 Å². The number of rotatable bonds is 1. The van der Waals surface area contributed by atoms with E-state index in [2.05, 4.69) is 32.8 Å². The molecule has 0 spiro atoms. The topological polar surface area (TPSA) is 69.9 Å². The van der Waals surface area contributed by atoms with E-state index in [1.165, 1.54) is 0 Å². The van der Waals surface area contributed by atoms with Crippen molar-refractivity contribution in [2.45, 2.75) is 0 Å². The predicted octanol–water partition coefficient (Wildman–Crippen LogP) is 1.26. The highest BCUT2D eigenvalue weighted by Crippen LogP contribution is 2.25. The molecule has 0 aliphatic rings. The van der Waals surface area contributed by atoms with Gasteiger partial charge in [0.25, 0.3) is 0 Å². The van der Waals surface area contributed by atoms with Gasteiger partial charge in [-0.05, 0) is 22.6 Å². The summed E-state index contributed by atoms with van der Waals surface area (Å²) >= 11 is 2.18. The van der Waals surface area contributed by atoms with Crippen molar-refractivity contribution < 1.29 is 4.52 Å². The van der Waals surface area contributed by atoms with Crippen molar-refractivity contribution in [3.63, 3.8) is 0 Å². The van der Waals surface area contributed by atoms with Crippen LogP contribution in [-0.4, -0.2) is 14.9 Å². The molecule has 0 unspecified atom stereocenters. The number of hydrogen-bond donors (Lipinski definition) is 1. The number of aromatic nitrogens is 3. The molecule has 2 aromatic rings. The molecular weight excluding hydrogens is 283 g/mol. The lowest BCUT2D eigenvalue weighted by molar-refractivity contribution is 0.435. The van der Waals surface area contributed by atoms with Gasteiger partial charge in [-0.1, -0.05) is 5.16 Å². The van der Waals surface area contributed by atoms with Gasteiger partial charge in [-0.2, -0.15) is 5.10 Å². The summed E-state index contributed by atoms with van der Waals surface area (Å²) in [6, 6.07) is 1.68. The molecule has 2 heterocycles. The van der Waals surface area contributed by atoms with E-state index in [9.17, 15) is 0 Å². The number of nitrogen functional groups attached to an aromatic ring is 1. The summed E-state index contributed by atoms with van der Waals surface area (Å²) in [5.74, 6) is 1.03. The van der Waals surface area contributed by atoms with E-state index in [1.807, 2.05) is 7.05 Å². The minimum Gasteiger partial charge on any atom is -0.381 e. The molecule has 5 nitrogen and oxygen atoms in total. The fraction of sp³-hybridized carbons (Fsp3) is 0.143. The van der Waals surface area contributed by atoms with Crippen molar-refractivity contribution >= 4 is 28.4 Å². The van der Waals surface area contributed by atoms with Crippen molar-refractivity contribution in [3.05, 3.63) is 16.0 Å². The summed E-state index contributed by atoms with van der Waals surface area (Å²) in [5, 5.41) is 7.69. The predicted molar refractivity (Wildman–Crippen MR) is 55.8 cm³/mol. The minimum atomic E-state index is 0.384. The van der Waals surface area contributed by atoms with Crippen LogP contribution >= 0.6 is 22.6 Å². The van der Waals surface area contributed by atoms with Crippen LogP contribution in [0.2, 0.25) is 0 Å². The fourth-order valence-electron chi connectivity index (χ4n) is 1.00. The highest BCUT2D eigenvalue weighted by molar-refractivity contribution is 14.1. The van der Waals surface area contributed by atoms with Crippen LogP contribution in [0.5, 0.6) is 0 Å². The van der Waals surface area contributed by atoms with Gasteiger partial charge in [0.05, 0.1) is 11.8 Å². The second-order valence-electron chi connectivity index (χ2n) is 2.59. The number of halogens is 1. The normalized spacial score (nSPS) is 10.6. The first kappa shape index (κ1) is 8.54. The van der Waals surface area contributed by atoms with Gasteiger partial charge in [-0.15, -0.1) is 0 Å². The standard InChI is InChI=1S/C7H7IN4O/c1-12-7(8)4(3-10-12)5-2-6(9)11-13-5/h2-3H,1H3,(H2,9,11). The zero-order chi connectivity index (χ0) is 9.42. The largest absolute Gasteiger partial charge is 0.381 e. The average molecular weight is 290 g/mol. The van der Waals surface area contributed by atoms with Gasteiger partial charge < -0.3 is 10.3 Å². The van der Waals surface area contributed by atoms with Crippen molar-refractivity contribution in [1.82, 2.24) is 14.9 Å². The Hall–Kier alpha value is -1.05. The van der Waals surface area contributed by atoms with Gasteiger partial charge in [-0.3, -0.25) is 4.68 Å². The molecule has 68 valence electrons. The lowest BCUT2D eigenvalue weighted by Crippen LogP contribution is -1.91. The third-order valence-electron chi connectivity index (χ3n) is 1.66. The molecule has 0 bridgehead atoms. The number of nitrogens with two attached hydrogens (primary N) is 1. The van der Waals surface area contributed by atoms with E-state index in [-0.39, 0.29) is 0 Å². The second kappa shape index (κ2) is 3.02. The summed E-state index contributed by atoms with van der Waals surface area (Å²) in [6.07, 6.45) is 1.72. The van der Waals surface area contributed by atoms with Crippen LogP contribution in [0.4, 0.5) is 5.82 Å². The monoisotopic (exact) mass is 290 g/mol. The Labute approximate surface area is 88.0 Å². The summed E-state index contributed by atoms with van der Waals surface area (Å²) in [7, 11) is 1.87. The van der Waals surface area contributed by atoms with E-state index in [4.69, 9.17) is 10.3 Å². The van der Waals surface area contributed by atoms with E-state index in [1.54, 1.807) is 16.9 Å². The summed E-state index contributed by atoms with van der Waals surface area (Å²) in [6.45, 7) is 0. The van der Waals surface area contributed by atoms with Crippen LogP contribution in [-0.2, 0) is 7.05 Å². The van der Waals surface area contributed by atoms with Gasteiger partial charge in [0.2, 0.25) is 0 Å². The Morgan fingerprint density at radius 1 is 1.62 bits per heavy atom. The Morgan fingerprint density at radius 3 is 2.85 bits per heavy atom. The zero-order valence-electron chi connectivity index (χ0n) is 6.86. The Bertz CT molecular complexity index is 433. The van der Waals surface area contributed by atoms with Crippen LogP contribution in [0, 0.1) is 3.70 Å². The molecule has 2 N–H and O–H groups in total. The first-order valence-electron chi connectivity index (χ1n) is 3.58. The fourth-order valence-corrected chi connectivity index (χ4v) is 1.53. The lowest BCUT2D eigenvalue weighted by atomic mass is 10.3. The minimum absolute atomic E-state index is 0.384. The number of nitrogens with zero attached hydrogens (tertiary/aromatic N) is 3. The third kappa shape index (κ3) is 1.41. The molecule has 0 aliphatic heterocycles. The first-order valence-corrected chi connectivity index (χ1v) is 4.66. The number of hydrogen-bond acceptors (Lipinski definition) is 4. The Kier molecular flexibility index (Phi) is 1.98. The van der Waals surface area contributed by atoms with Crippen LogP contribution < -0.4 is 5.73 Å². The van der Waals surface area contributed by atoms with Crippen molar-refractivity contribution in [1.29, 1.82) is 0 Å². The van der Waals surface area contributed by atoms with Crippen LogP contribution in [0.3, 0.4) is 0 Å². The van der Waals surface area contributed by atoms with Crippen molar-refractivity contribution in [2.75, 3.05) is 5.73 Å². The molecule has 0 saturated heterocycles. The second-order valence-corrected chi connectivity index (χ2v) is 3.61. The van der Waals surface area contributed by atoms with E-state index in [0.717, 1.165) is 9.26 Å². The number of anilines is 1. The summed E-state index contributed by atoms with van der Waals surface area (Å²) < 4.78 is 7.76. The van der Waals surface area contributed by atoms with Crippen LogP contribution in [0.25, 0.3) is 11.3 Å². The molecule has 0 amide bonds. The first-order chi connectivity index (χ1) is 6.18. The van der Waals surface area contributed by atoms with Crippen molar-refractivity contribution in [3.8, 4) is 11.3 Å². The van der Waals surface area contributed by atoms with Gasteiger partial charge in [0, 0.05) is 13.1 Å². The third-order valence-corrected chi connectivity index (χ3v) is 2.94. The molecule has 0 fully saturated rings. The molecule has 0 atom stereocenters. The Morgan fingerprint density at radius 2 is 2.38 bits per heavy atom. The Balaban J connectivity index is 2.52.